The number of oxazole rings is 1. The van der Waals surface area contributed by atoms with Crippen molar-refractivity contribution in [1.29, 1.82) is 0 Å². The molecule has 2 aromatic rings. The Kier molecular flexibility index (Phi) is 4.46. The summed E-state index contributed by atoms with van der Waals surface area (Å²) >= 11 is 0. The fourth-order valence-electron chi connectivity index (χ4n) is 3.42. The van der Waals surface area contributed by atoms with Crippen LogP contribution in [0, 0.1) is 0 Å². The number of H-pyrrole nitrogens is 2. The van der Waals surface area contributed by atoms with Crippen LogP contribution in [0.2, 0.25) is 0 Å². The highest BCUT2D eigenvalue weighted by molar-refractivity contribution is 5.78. The SMILES string of the molecule is O=C(Cc1cc(=O)[nH][nH]c1=O)N1CCc2oc(C3CCOCC3)nc2C1. The normalized spacial score (nSPS) is 17.9. The van der Waals surface area contributed by atoms with E-state index in [9.17, 15) is 14.4 Å². The molecule has 9 heteroatoms. The van der Waals surface area contributed by atoms with Gasteiger partial charge in [-0.05, 0) is 12.8 Å². The molecule has 0 unspecified atom stereocenters. The first kappa shape index (κ1) is 16.8. The molecule has 0 radical (unpaired) electrons. The summed E-state index contributed by atoms with van der Waals surface area (Å²) in [5.74, 6) is 1.64. The lowest BCUT2D eigenvalue weighted by Gasteiger charge is -2.25. The number of carbonyl (C=O) groups is 1. The Bertz CT molecular complexity index is 922. The van der Waals surface area contributed by atoms with Crippen LogP contribution < -0.4 is 11.1 Å². The zero-order valence-corrected chi connectivity index (χ0v) is 14.2. The maximum atomic E-state index is 12.5. The molecule has 4 heterocycles. The second-order valence-corrected chi connectivity index (χ2v) is 6.66. The summed E-state index contributed by atoms with van der Waals surface area (Å²) < 4.78 is 11.3. The van der Waals surface area contributed by atoms with Crippen LogP contribution in [-0.4, -0.2) is 45.7 Å². The smallest absolute Gasteiger partial charge is 0.266 e. The number of ether oxygens (including phenoxy) is 1. The number of hydrogen-bond acceptors (Lipinski definition) is 6. The number of nitrogens with zero attached hydrogens (tertiary/aromatic N) is 2. The van der Waals surface area contributed by atoms with E-state index in [-0.39, 0.29) is 23.8 Å². The Hall–Kier alpha value is -2.68. The minimum atomic E-state index is -0.459. The van der Waals surface area contributed by atoms with Gasteiger partial charge in [0.05, 0.1) is 13.0 Å². The number of amides is 1. The van der Waals surface area contributed by atoms with E-state index >= 15 is 0 Å². The third-order valence-electron chi connectivity index (χ3n) is 4.91. The molecule has 2 aliphatic heterocycles. The zero-order valence-electron chi connectivity index (χ0n) is 14.2. The molecule has 1 fully saturated rings. The molecule has 138 valence electrons. The van der Waals surface area contributed by atoms with Crippen molar-refractivity contribution in [3.8, 4) is 0 Å². The van der Waals surface area contributed by atoms with Gasteiger partial charge in [0.25, 0.3) is 11.1 Å². The number of nitrogens with one attached hydrogen (secondary N) is 2. The molecule has 9 nitrogen and oxygen atoms in total. The Morgan fingerprint density at radius 3 is 2.88 bits per heavy atom. The summed E-state index contributed by atoms with van der Waals surface area (Å²) in [5, 5.41) is 4.42. The first-order valence-corrected chi connectivity index (χ1v) is 8.75. The molecular formula is C17H20N4O5. The lowest BCUT2D eigenvalue weighted by atomic mass is 10.0. The number of rotatable bonds is 3. The van der Waals surface area contributed by atoms with Gasteiger partial charge in [0.1, 0.15) is 11.5 Å². The average molecular weight is 360 g/mol. The number of carbonyl (C=O) groups excluding carboxylic acids is 1. The molecule has 0 atom stereocenters. The topological polar surface area (TPSA) is 121 Å². The molecule has 2 aliphatic rings. The number of aromatic amines is 2. The van der Waals surface area contributed by atoms with Crippen LogP contribution in [0.15, 0.2) is 20.1 Å². The minimum Gasteiger partial charge on any atom is -0.445 e. The molecule has 26 heavy (non-hydrogen) atoms. The third kappa shape index (κ3) is 3.34. The van der Waals surface area contributed by atoms with Crippen molar-refractivity contribution in [2.45, 2.75) is 38.1 Å². The van der Waals surface area contributed by atoms with E-state index in [0.29, 0.717) is 32.7 Å². The van der Waals surface area contributed by atoms with Gasteiger partial charge in [-0.3, -0.25) is 24.6 Å². The van der Waals surface area contributed by atoms with Gasteiger partial charge in [-0.2, -0.15) is 0 Å². The number of fused-ring (bicyclic) bond motifs is 1. The van der Waals surface area contributed by atoms with E-state index in [1.165, 1.54) is 0 Å². The summed E-state index contributed by atoms with van der Waals surface area (Å²) in [6.45, 7) is 2.30. The van der Waals surface area contributed by atoms with Crippen molar-refractivity contribution in [3.05, 3.63) is 49.7 Å². The lowest BCUT2D eigenvalue weighted by molar-refractivity contribution is -0.131. The van der Waals surface area contributed by atoms with Gasteiger partial charge in [0.15, 0.2) is 5.89 Å². The monoisotopic (exact) mass is 360 g/mol. The molecule has 4 rings (SSSR count). The maximum Gasteiger partial charge on any atom is 0.266 e. The molecule has 0 spiro atoms. The molecule has 0 aromatic carbocycles. The van der Waals surface area contributed by atoms with Gasteiger partial charge in [0, 0.05) is 43.7 Å². The van der Waals surface area contributed by atoms with Crippen LogP contribution in [0.1, 0.15) is 41.7 Å². The first-order chi connectivity index (χ1) is 12.6. The summed E-state index contributed by atoms with van der Waals surface area (Å²) in [4.78, 5) is 41.9. The minimum absolute atomic E-state index is 0.112. The van der Waals surface area contributed by atoms with Gasteiger partial charge in [0.2, 0.25) is 5.91 Å². The second kappa shape index (κ2) is 6.91. The van der Waals surface area contributed by atoms with Crippen LogP contribution in [0.4, 0.5) is 0 Å². The van der Waals surface area contributed by atoms with E-state index in [0.717, 1.165) is 36.3 Å². The summed E-state index contributed by atoms with van der Waals surface area (Å²) in [6, 6.07) is 1.16. The van der Waals surface area contributed by atoms with Crippen molar-refractivity contribution in [1.82, 2.24) is 20.1 Å². The first-order valence-electron chi connectivity index (χ1n) is 8.75. The van der Waals surface area contributed by atoms with E-state index < -0.39 is 11.1 Å². The molecular weight excluding hydrogens is 340 g/mol. The van der Waals surface area contributed by atoms with Gasteiger partial charge < -0.3 is 14.1 Å². The molecule has 1 amide bonds. The highest BCUT2D eigenvalue weighted by Gasteiger charge is 2.29. The number of aromatic nitrogens is 3. The largest absolute Gasteiger partial charge is 0.445 e. The molecule has 0 aliphatic carbocycles. The van der Waals surface area contributed by atoms with Crippen molar-refractivity contribution >= 4 is 5.91 Å². The zero-order chi connectivity index (χ0) is 18.1. The van der Waals surface area contributed by atoms with Crippen LogP contribution in [0.5, 0.6) is 0 Å². The van der Waals surface area contributed by atoms with E-state index in [2.05, 4.69) is 15.2 Å². The van der Waals surface area contributed by atoms with Crippen LogP contribution in [0.25, 0.3) is 0 Å². The highest BCUT2D eigenvalue weighted by atomic mass is 16.5. The molecule has 0 bridgehead atoms. The van der Waals surface area contributed by atoms with Crippen molar-refractivity contribution in [2.75, 3.05) is 19.8 Å². The van der Waals surface area contributed by atoms with E-state index in [4.69, 9.17) is 9.15 Å². The Labute approximate surface area is 148 Å². The third-order valence-corrected chi connectivity index (χ3v) is 4.91. The predicted octanol–water partition coefficient (Wildman–Crippen LogP) is 0.0726. The Morgan fingerprint density at radius 1 is 1.27 bits per heavy atom. The maximum absolute atomic E-state index is 12.5. The van der Waals surface area contributed by atoms with Crippen molar-refractivity contribution in [3.63, 3.8) is 0 Å². The number of hydrogen-bond donors (Lipinski definition) is 2. The standard InChI is InChI=1S/C17H20N4O5/c22-14-7-11(16(24)20-19-14)8-15(23)21-4-1-13-12(9-21)18-17(26-13)10-2-5-25-6-3-10/h7,10H,1-6,8-9H2,(H,19,22)(H,20,24). The molecule has 1 saturated heterocycles. The van der Waals surface area contributed by atoms with Crippen LogP contribution in [-0.2, 0) is 28.9 Å². The Morgan fingerprint density at radius 2 is 2.08 bits per heavy atom. The Balaban J connectivity index is 1.46. The van der Waals surface area contributed by atoms with Crippen LogP contribution >= 0.6 is 0 Å². The van der Waals surface area contributed by atoms with Crippen LogP contribution in [0.3, 0.4) is 0 Å². The van der Waals surface area contributed by atoms with Crippen molar-refractivity contribution in [2.24, 2.45) is 0 Å². The molecule has 2 aromatic heterocycles. The summed E-state index contributed by atoms with van der Waals surface area (Å²) in [5.41, 5.74) is 0.0447. The van der Waals surface area contributed by atoms with Gasteiger partial charge in [-0.15, -0.1) is 0 Å². The average Bonchev–Trinajstić information content (AvgIpc) is 3.08. The fourth-order valence-corrected chi connectivity index (χ4v) is 3.42. The predicted molar refractivity (Wildman–Crippen MR) is 89.8 cm³/mol. The highest BCUT2D eigenvalue weighted by Crippen LogP contribution is 2.30. The van der Waals surface area contributed by atoms with Crippen molar-refractivity contribution < 1.29 is 13.9 Å². The van der Waals surface area contributed by atoms with E-state index in [1.807, 2.05) is 0 Å². The van der Waals surface area contributed by atoms with E-state index in [1.54, 1.807) is 4.90 Å². The second-order valence-electron chi connectivity index (χ2n) is 6.66. The van der Waals surface area contributed by atoms with Gasteiger partial charge >= 0.3 is 0 Å². The van der Waals surface area contributed by atoms with Gasteiger partial charge in [-0.25, -0.2) is 4.98 Å². The quantitative estimate of drug-likeness (QED) is 0.799. The lowest BCUT2D eigenvalue weighted by Crippen LogP contribution is -2.38. The summed E-state index contributed by atoms with van der Waals surface area (Å²) in [7, 11) is 0. The fraction of sp³-hybridized carbons (Fsp3) is 0.529. The summed E-state index contributed by atoms with van der Waals surface area (Å²) in [6.07, 6.45) is 2.28. The molecule has 2 N–H and O–H groups in total. The van der Waals surface area contributed by atoms with Gasteiger partial charge in [-0.1, -0.05) is 0 Å². The molecule has 0 saturated carbocycles.